The molecule has 0 bridgehead atoms. The maximum atomic E-state index is 11.8. The summed E-state index contributed by atoms with van der Waals surface area (Å²) in [6, 6.07) is 0. The number of rotatable bonds is 2. The Morgan fingerprint density at radius 2 is 2.27 bits per heavy atom. The number of aromatic nitrogens is 4. The van der Waals surface area contributed by atoms with Gasteiger partial charge in [-0.3, -0.25) is 4.98 Å². The molecule has 0 aromatic carbocycles. The van der Waals surface area contributed by atoms with Crippen molar-refractivity contribution in [2.45, 2.75) is 31.8 Å². The van der Waals surface area contributed by atoms with Gasteiger partial charge in [0, 0.05) is 24.5 Å². The Balaban J connectivity index is 1.45. The average molecular weight is 314 g/mol. The fourth-order valence-corrected chi connectivity index (χ4v) is 3.52. The predicted octanol–water partition coefficient (Wildman–Crippen LogP) is 3.13. The third-order valence-electron chi connectivity index (χ3n) is 4.03. The van der Waals surface area contributed by atoms with E-state index in [0.29, 0.717) is 5.92 Å². The molecular formula is C15H14N4O2S. The van der Waals surface area contributed by atoms with E-state index < -0.39 is 0 Å². The largest absolute Gasteiger partial charge is 0.446 e. The Kier molecular flexibility index (Phi) is 3.15. The number of pyridine rings is 1. The molecule has 6 nitrogen and oxygen atoms in total. The highest BCUT2D eigenvalue weighted by molar-refractivity contribution is 7.17. The molecule has 1 saturated carbocycles. The van der Waals surface area contributed by atoms with Crippen molar-refractivity contribution in [2.24, 2.45) is 0 Å². The van der Waals surface area contributed by atoms with Crippen molar-refractivity contribution in [3.8, 4) is 0 Å². The van der Waals surface area contributed by atoms with Gasteiger partial charge >= 0.3 is 6.09 Å². The highest BCUT2D eigenvalue weighted by Crippen LogP contribution is 2.41. The van der Waals surface area contributed by atoms with Crippen molar-refractivity contribution < 1.29 is 9.53 Å². The molecule has 3 aromatic rings. The van der Waals surface area contributed by atoms with Crippen molar-refractivity contribution in [1.29, 1.82) is 0 Å². The molecule has 0 N–H and O–H groups in total. The standard InChI is InChI=1S/C15H14N4O2S/c1-9-6-17-12(13-14(9)22-8-18-13)10-4-11(5-10)21-15(20)19-3-2-16-7-19/h2-3,6-8,10-11H,4-5H2,1H3. The molecule has 1 aliphatic carbocycles. The van der Waals surface area contributed by atoms with E-state index in [0.717, 1.165) is 29.6 Å². The lowest BCUT2D eigenvalue weighted by Gasteiger charge is -2.34. The van der Waals surface area contributed by atoms with Crippen LogP contribution in [0.4, 0.5) is 4.79 Å². The van der Waals surface area contributed by atoms with Gasteiger partial charge in [0.05, 0.1) is 15.9 Å². The van der Waals surface area contributed by atoms with Crippen molar-refractivity contribution in [1.82, 2.24) is 19.5 Å². The highest BCUT2D eigenvalue weighted by atomic mass is 32.1. The number of aryl methyl sites for hydroxylation is 1. The van der Waals surface area contributed by atoms with Gasteiger partial charge in [0.15, 0.2) is 0 Å². The van der Waals surface area contributed by atoms with Crippen LogP contribution in [0.5, 0.6) is 0 Å². The topological polar surface area (TPSA) is 69.9 Å². The van der Waals surface area contributed by atoms with E-state index in [1.165, 1.54) is 15.6 Å². The monoisotopic (exact) mass is 314 g/mol. The van der Waals surface area contributed by atoms with Crippen LogP contribution in [-0.2, 0) is 4.74 Å². The number of thiazole rings is 1. The second-order valence-corrected chi connectivity index (χ2v) is 6.36. The lowest BCUT2D eigenvalue weighted by Crippen LogP contribution is -2.33. The van der Waals surface area contributed by atoms with Crippen LogP contribution in [0.25, 0.3) is 10.2 Å². The van der Waals surface area contributed by atoms with Crippen molar-refractivity contribution in [3.63, 3.8) is 0 Å². The molecule has 0 unspecified atom stereocenters. The molecule has 7 heteroatoms. The zero-order chi connectivity index (χ0) is 15.1. The Morgan fingerprint density at radius 1 is 1.41 bits per heavy atom. The highest BCUT2D eigenvalue weighted by Gasteiger charge is 2.36. The summed E-state index contributed by atoms with van der Waals surface area (Å²) in [5, 5.41) is 0. The van der Waals surface area contributed by atoms with Crippen LogP contribution in [0.2, 0.25) is 0 Å². The third kappa shape index (κ3) is 2.18. The second kappa shape index (κ2) is 5.17. The molecule has 0 spiro atoms. The van der Waals surface area contributed by atoms with Crippen molar-refractivity contribution in [3.05, 3.63) is 41.7 Å². The lowest BCUT2D eigenvalue weighted by atomic mass is 9.79. The molecule has 1 aliphatic rings. The molecule has 0 aliphatic heterocycles. The fraction of sp³-hybridized carbons (Fsp3) is 0.333. The molecule has 4 rings (SSSR count). The Labute approximate surface area is 130 Å². The van der Waals surface area contributed by atoms with Gasteiger partial charge in [-0.2, -0.15) is 0 Å². The van der Waals surface area contributed by atoms with Gasteiger partial charge < -0.3 is 4.74 Å². The van der Waals surface area contributed by atoms with Crippen LogP contribution < -0.4 is 0 Å². The van der Waals surface area contributed by atoms with Crippen LogP contribution in [0, 0.1) is 6.92 Å². The average Bonchev–Trinajstić information content (AvgIpc) is 3.14. The maximum absolute atomic E-state index is 11.8. The molecular weight excluding hydrogens is 300 g/mol. The molecule has 0 radical (unpaired) electrons. The number of carbonyl (C=O) groups excluding carboxylic acids is 1. The van der Waals surface area contributed by atoms with Gasteiger partial charge in [0.25, 0.3) is 0 Å². The van der Waals surface area contributed by atoms with E-state index in [1.54, 1.807) is 23.7 Å². The summed E-state index contributed by atoms with van der Waals surface area (Å²) in [4.78, 5) is 24.7. The van der Waals surface area contributed by atoms with E-state index in [9.17, 15) is 4.79 Å². The number of fused-ring (bicyclic) bond motifs is 1. The summed E-state index contributed by atoms with van der Waals surface area (Å²) in [6.45, 7) is 2.05. The number of hydrogen-bond acceptors (Lipinski definition) is 6. The van der Waals surface area contributed by atoms with Gasteiger partial charge in [0.2, 0.25) is 0 Å². The Bertz CT molecular complexity index is 821. The Morgan fingerprint density at radius 3 is 3.05 bits per heavy atom. The minimum Gasteiger partial charge on any atom is -0.446 e. The van der Waals surface area contributed by atoms with E-state index in [1.807, 2.05) is 18.6 Å². The summed E-state index contributed by atoms with van der Waals surface area (Å²) in [5.41, 5.74) is 5.03. The first-order valence-corrected chi connectivity index (χ1v) is 7.98. The second-order valence-electron chi connectivity index (χ2n) is 5.50. The SMILES string of the molecule is Cc1cnc(C2CC(OC(=O)n3ccnc3)C2)c2ncsc12. The summed E-state index contributed by atoms with van der Waals surface area (Å²) in [5.74, 6) is 0.311. The quantitative estimate of drug-likeness (QED) is 0.727. The maximum Gasteiger partial charge on any atom is 0.419 e. The molecule has 0 saturated heterocycles. The molecule has 0 amide bonds. The van der Waals surface area contributed by atoms with E-state index in [2.05, 4.69) is 15.0 Å². The van der Waals surface area contributed by atoms with Crippen molar-refractivity contribution in [2.75, 3.05) is 0 Å². The normalized spacial score (nSPS) is 20.8. The molecule has 3 heterocycles. The number of ether oxygens (including phenoxy) is 1. The van der Waals surface area contributed by atoms with Gasteiger partial charge in [-0.15, -0.1) is 11.3 Å². The van der Waals surface area contributed by atoms with Crippen LogP contribution in [0.3, 0.4) is 0 Å². The Hall–Kier alpha value is -2.28. The number of hydrogen-bond donors (Lipinski definition) is 0. The zero-order valence-corrected chi connectivity index (χ0v) is 12.8. The van der Waals surface area contributed by atoms with E-state index >= 15 is 0 Å². The molecule has 112 valence electrons. The third-order valence-corrected chi connectivity index (χ3v) is 4.99. The summed E-state index contributed by atoms with van der Waals surface area (Å²) in [6.07, 6.45) is 7.64. The van der Waals surface area contributed by atoms with Gasteiger partial charge in [-0.25, -0.2) is 19.3 Å². The predicted molar refractivity (Wildman–Crippen MR) is 82.0 cm³/mol. The van der Waals surface area contributed by atoms with Crippen LogP contribution in [0.15, 0.2) is 30.4 Å². The van der Waals surface area contributed by atoms with Gasteiger partial charge in [-0.05, 0) is 25.3 Å². The molecule has 0 atom stereocenters. The zero-order valence-electron chi connectivity index (χ0n) is 12.0. The van der Waals surface area contributed by atoms with Crippen LogP contribution >= 0.6 is 11.3 Å². The van der Waals surface area contributed by atoms with Crippen molar-refractivity contribution >= 4 is 27.6 Å². The van der Waals surface area contributed by atoms with Gasteiger partial charge in [0.1, 0.15) is 17.9 Å². The summed E-state index contributed by atoms with van der Waals surface area (Å²) >= 11 is 1.64. The molecule has 3 aromatic heterocycles. The first-order valence-electron chi connectivity index (χ1n) is 7.10. The molecule has 1 fully saturated rings. The number of imidazole rings is 1. The van der Waals surface area contributed by atoms with Gasteiger partial charge in [-0.1, -0.05) is 0 Å². The number of nitrogens with zero attached hydrogens (tertiary/aromatic N) is 4. The fourth-order valence-electron chi connectivity index (χ4n) is 2.75. The summed E-state index contributed by atoms with van der Waals surface area (Å²) < 4.78 is 7.98. The minimum absolute atomic E-state index is 0.0586. The number of carbonyl (C=O) groups is 1. The smallest absolute Gasteiger partial charge is 0.419 e. The van der Waals surface area contributed by atoms with Crippen LogP contribution in [0.1, 0.15) is 30.0 Å². The van der Waals surface area contributed by atoms with Crippen LogP contribution in [-0.4, -0.2) is 31.7 Å². The lowest BCUT2D eigenvalue weighted by molar-refractivity contribution is 0.0396. The first-order chi connectivity index (χ1) is 10.7. The summed E-state index contributed by atoms with van der Waals surface area (Å²) in [7, 11) is 0. The van der Waals surface area contributed by atoms with E-state index in [4.69, 9.17) is 4.74 Å². The minimum atomic E-state index is -0.378. The van der Waals surface area contributed by atoms with E-state index in [-0.39, 0.29) is 12.2 Å². The first kappa shape index (κ1) is 13.4. The molecule has 22 heavy (non-hydrogen) atoms.